The first kappa shape index (κ1) is 23.9. The van der Waals surface area contributed by atoms with Crippen molar-refractivity contribution in [1.29, 1.82) is 0 Å². The van der Waals surface area contributed by atoms with Gasteiger partial charge in [-0.25, -0.2) is 0 Å². The number of carbonyl (C=O) groups excluding carboxylic acids is 1. The van der Waals surface area contributed by atoms with Gasteiger partial charge in [0.05, 0.1) is 19.8 Å². The van der Waals surface area contributed by atoms with Gasteiger partial charge < -0.3 is 20.1 Å². The molecule has 2 N–H and O–H groups in total. The van der Waals surface area contributed by atoms with E-state index in [1.165, 1.54) is 0 Å². The van der Waals surface area contributed by atoms with Crippen molar-refractivity contribution in [2.45, 2.75) is 26.4 Å². The van der Waals surface area contributed by atoms with Gasteiger partial charge in [-0.3, -0.25) is 9.69 Å². The number of anilines is 1. The summed E-state index contributed by atoms with van der Waals surface area (Å²) in [4.78, 5) is 16.5. The minimum Gasteiger partial charge on any atom is -0.496 e. The van der Waals surface area contributed by atoms with Crippen molar-refractivity contribution in [3.8, 4) is 5.75 Å². The van der Waals surface area contributed by atoms with Crippen molar-refractivity contribution in [2.24, 2.45) is 0 Å². The summed E-state index contributed by atoms with van der Waals surface area (Å²) < 4.78 is 5.36. The first-order valence-electron chi connectivity index (χ1n) is 10.3. The third kappa shape index (κ3) is 7.44. The van der Waals surface area contributed by atoms with Crippen LogP contribution in [0.3, 0.4) is 0 Å². The van der Waals surface area contributed by atoms with E-state index in [4.69, 9.17) is 4.74 Å². The molecule has 1 amide bonds. The maximum atomic E-state index is 12.4. The average Bonchev–Trinajstić information content (AvgIpc) is 2.69. The predicted molar refractivity (Wildman–Crippen MR) is 122 cm³/mol. The fourth-order valence-corrected chi connectivity index (χ4v) is 3.50. The molecule has 0 fully saturated rings. The van der Waals surface area contributed by atoms with Gasteiger partial charge in [-0.2, -0.15) is 0 Å². The van der Waals surface area contributed by atoms with Crippen molar-refractivity contribution in [3.05, 3.63) is 59.2 Å². The van der Waals surface area contributed by atoms with E-state index in [9.17, 15) is 9.90 Å². The van der Waals surface area contributed by atoms with Gasteiger partial charge in [0.2, 0.25) is 5.91 Å². The van der Waals surface area contributed by atoms with E-state index in [1.807, 2.05) is 75.3 Å². The lowest BCUT2D eigenvalue weighted by molar-refractivity contribution is -0.117. The zero-order valence-corrected chi connectivity index (χ0v) is 18.8. The van der Waals surface area contributed by atoms with Crippen LogP contribution in [0.15, 0.2) is 42.5 Å². The molecule has 6 heteroatoms. The molecule has 30 heavy (non-hydrogen) atoms. The molecule has 0 saturated heterocycles. The Morgan fingerprint density at radius 1 is 1.03 bits per heavy atom. The van der Waals surface area contributed by atoms with Crippen LogP contribution in [0.2, 0.25) is 0 Å². The summed E-state index contributed by atoms with van der Waals surface area (Å²) >= 11 is 0. The third-order valence-electron chi connectivity index (χ3n) is 5.19. The number of benzene rings is 2. The number of rotatable bonds is 11. The highest BCUT2D eigenvalue weighted by Crippen LogP contribution is 2.20. The van der Waals surface area contributed by atoms with Crippen LogP contribution in [0.5, 0.6) is 5.75 Å². The average molecular weight is 414 g/mol. The van der Waals surface area contributed by atoms with E-state index >= 15 is 0 Å². The summed E-state index contributed by atoms with van der Waals surface area (Å²) in [6.07, 6.45) is 0.0616. The smallest absolute Gasteiger partial charge is 0.238 e. The van der Waals surface area contributed by atoms with Crippen LogP contribution in [-0.4, -0.2) is 74.3 Å². The molecule has 0 aromatic heterocycles. The summed E-state index contributed by atoms with van der Waals surface area (Å²) in [5, 5.41) is 13.5. The van der Waals surface area contributed by atoms with E-state index in [0.717, 1.165) is 41.2 Å². The molecule has 0 spiro atoms. The van der Waals surface area contributed by atoms with Crippen molar-refractivity contribution < 1.29 is 14.6 Å². The number of amides is 1. The number of hydrogen-bond donors (Lipinski definition) is 2. The van der Waals surface area contributed by atoms with Gasteiger partial charge in [-0.15, -0.1) is 0 Å². The lowest BCUT2D eigenvalue weighted by atomic mass is 10.1. The molecular formula is C24H35N3O3. The predicted octanol–water partition coefficient (Wildman–Crippen LogP) is 2.72. The van der Waals surface area contributed by atoms with Gasteiger partial charge in [0.1, 0.15) is 5.75 Å². The Balaban J connectivity index is 1.74. The molecule has 0 saturated carbocycles. The molecule has 0 radical (unpaired) electrons. The van der Waals surface area contributed by atoms with Crippen molar-refractivity contribution >= 4 is 11.6 Å². The molecule has 0 aliphatic carbocycles. The van der Waals surface area contributed by atoms with Crippen LogP contribution in [-0.2, 0) is 11.2 Å². The summed E-state index contributed by atoms with van der Waals surface area (Å²) in [6, 6.07) is 13.7. The molecule has 2 aromatic rings. The van der Waals surface area contributed by atoms with Gasteiger partial charge >= 0.3 is 0 Å². The number of nitrogens with one attached hydrogen (secondary N) is 1. The number of aryl methyl sites for hydroxylation is 2. The topological polar surface area (TPSA) is 65.0 Å². The van der Waals surface area contributed by atoms with E-state index < -0.39 is 6.10 Å². The number of aliphatic hydroxyl groups is 1. The van der Waals surface area contributed by atoms with Crippen LogP contribution < -0.4 is 10.1 Å². The Labute approximate surface area is 180 Å². The second-order valence-corrected chi connectivity index (χ2v) is 7.98. The zero-order chi connectivity index (χ0) is 22.1. The Hall–Kier alpha value is -2.41. The van der Waals surface area contributed by atoms with Gasteiger partial charge in [0.25, 0.3) is 0 Å². The quantitative estimate of drug-likeness (QED) is 0.593. The van der Waals surface area contributed by atoms with Crippen molar-refractivity contribution in [1.82, 2.24) is 9.80 Å². The summed E-state index contributed by atoms with van der Waals surface area (Å²) in [7, 11) is 5.56. The highest BCUT2D eigenvalue weighted by atomic mass is 16.5. The van der Waals surface area contributed by atoms with Gasteiger partial charge in [0.15, 0.2) is 0 Å². The largest absolute Gasteiger partial charge is 0.496 e. The maximum Gasteiger partial charge on any atom is 0.238 e. The minimum atomic E-state index is -0.482. The summed E-state index contributed by atoms with van der Waals surface area (Å²) in [5.41, 5.74) is 4.03. The number of hydrogen-bond acceptors (Lipinski definition) is 5. The van der Waals surface area contributed by atoms with E-state index in [-0.39, 0.29) is 5.91 Å². The molecule has 2 rings (SSSR count). The second kappa shape index (κ2) is 11.7. The fourth-order valence-electron chi connectivity index (χ4n) is 3.50. The number of likely N-dealkylation sites (N-methyl/N-ethyl adjacent to an activating group) is 2. The molecule has 1 unspecified atom stereocenters. The lowest BCUT2D eigenvalue weighted by Gasteiger charge is -2.24. The molecule has 2 aromatic carbocycles. The Bertz CT molecular complexity index is 805. The van der Waals surface area contributed by atoms with E-state index in [1.54, 1.807) is 7.11 Å². The van der Waals surface area contributed by atoms with E-state index in [0.29, 0.717) is 19.5 Å². The maximum absolute atomic E-state index is 12.4. The number of aliphatic hydroxyl groups excluding tert-OH is 1. The molecule has 0 aliphatic heterocycles. The number of methoxy groups -OCH3 is 1. The van der Waals surface area contributed by atoms with Crippen LogP contribution in [0.25, 0.3) is 0 Å². The van der Waals surface area contributed by atoms with Crippen molar-refractivity contribution in [3.63, 3.8) is 0 Å². The first-order valence-corrected chi connectivity index (χ1v) is 10.3. The first-order chi connectivity index (χ1) is 14.3. The number of carbonyl (C=O) groups is 1. The molecule has 164 valence electrons. The van der Waals surface area contributed by atoms with Crippen molar-refractivity contribution in [2.75, 3.05) is 52.7 Å². The second-order valence-electron chi connectivity index (χ2n) is 7.98. The standard InChI is InChI=1S/C24H35N3O3/c1-18-9-8-10-19(2)24(18)25-23(29)17-27(4)14-13-26(3)16-21(28)15-20-11-6-7-12-22(20)30-5/h6-12,21,28H,13-17H2,1-5H3,(H,25,29). The summed E-state index contributed by atoms with van der Waals surface area (Å²) in [6.45, 7) is 6.37. The number of para-hydroxylation sites is 2. The third-order valence-corrected chi connectivity index (χ3v) is 5.19. The Kier molecular flexibility index (Phi) is 9.30. The Morgan fingerprint density at radius 3 is 2.33 bits per heavy atom. The molecule has 0 bridgehead atoms. The van der Waals surface area contributed by atoms with Crippen LogP contribution in [0, 0.1) is 13.8 Å². The highest BCUT2D eigenvalue weighted by molar-refractivity contribution is 5.93. The van der Waals surface area contributed by atoms with Gasteiger partial charge in [-0.05, 0) is 50.7 Å². The van der Waals surface area contributed by atoms with Crippen LogP contribution in [0.4, 0.5) is 5.69 Å². The molecule has 0 aliphatic rings. The van der Waals surface area contributed by atoms with Crippen LogP contribution in [0.1, 0.15) is 16.7 Å². The fraction of sp³-hybridized carbons (Fsp3) is 0.458. The highest BCUT2D eigenvalue weighted by Gasteiger charge is 2.14. The monoisotopic (exact) mass is 413 g/mol. The zero-order valence-electron chi connectivity index (χ0n) is 18.8. The van der Waals surface area contributed by atoms with E-state index in [2.05, 4.69) is 10.2 Å². The Morgan fingerprint density at radius 2 is 1.67 bits per heavy atom. The van der Waals surface area contributed by atoms with Gasteiger partial charge in [-0.1, -0.05) is 36.4 Å². The van der Waals surface area contributed by atoms with Crippen LogP contribution >= 0.6 is 0 Å². The molecule has 0 heterocycles. The lowest BCUT2D eigenvalue weighted by Crippen LogP contribution is -2.38. The SMILES string of the molecule is COc1ccccc1CC(O)CN(C)CCN(C)CC(=O)Nc1c(C)cccc1C. The number of ether oxygens (including phenoxy) is 1. The molecule has 1 atom stereocenters. The normalized spacial score (nSPS) is 12.3. The molecule has 6 nitrogen and oxygen atoms in total. The number of nitrogens with zero attached hydrogens (tertiary/aromatic N) is 2. The van der Waals surface area contributed by atoms with Gasteiger partial charge in [0, 0.05) is 31.7 Å². The molecular weight excluding hydrogens is 378 g/mol. The minimum absolute atomic E-state index is 0.0197. The summed E-state index contributed by atoms with van der Waals surface area (Å²) in [5.74, 6) is 0.780.